The Bertz CT molecular complexity index is 352. The van der Waals surface area contributed by atoms with Gasteiger partial charge in [0.25, 0.3) is 0 Å². The summed E-state index contributed by atoms with van der Waals surface area (Å²) in [6.07, 6.45) is 0. The van der Waals surface area contributed by atoms with Crippen LogP contribution in [0.5, 0.6) is 0 Å². The third-order valence-electron chi connectivity index (χ3n) is 2.05. The van der Waals surface area contributed by atoms with Crippen molar-refractivity contribution in [1.29, 1.82) is 0 Å². The van der Waals surface area contributed by atoms with Gasteiger partial charge in [-0.2, -0.15) is 4.98 Å². The van der Waals surface area contributed by atoms with Crippen molar-refractivity contribution in [1.82, 2.24) is 9.97 Å². The second kappa shape index (κ2) is 5.12. The van der Waals surface area contributed by atoms with Crippen molar-refractivity contribution in [3.05, 3.63) is 11.8 Å². The van der Waals surface area contributed by atoms with Gasteiger partial charge in [-0.25, -0.2) is 4.98 Å². The highest BCUT2D eigenvalue weighted by Crippen LogP contribution is 2.15. The minimum Gasteiger partial charge on any atom is -0.382 e. The lowest BCUT2D eigenvalue weighted by atomic mass is 10.1. The van der Waals surface area contributed by atoms with E-state index in [9.17, 15) is 0 Å². The molecule has 16 heavy (non-hydrogen) atoms. The zero-order valence-electron chi connectivity index (χ0n) is 10.6. The molecule has 5 nitrogen and oxygen atoms in total. The molecule has 0 aliphatic heterocycles. The number of aryl methyl sites for hydroxylation is 1. The van der Waals surface area contributed by atoms with Gasteiger partial charge in [-0.3, -0.25) is 0 Å². The van der Waals surface area contributed by atoms with Crippen LogP contribution in [-0.2, 0) is 4.74 Å². The first-order chi connectivity index (χ1) is 7.46. The molecule has 0 amide bonds. The van der Waals surface area contributed by atoms with Crippen LogP contribution in [0.25, 0.3) is 0 Å². The Balaban J connectivity index is 2.84. The van der Waals surface area contributed by atoms with Crippen LogP contribution >= 0.6 is 0 Å². The summed E-state index contributed by atoms with van der Waals surface area (Å²) in [7, 11) is 3.49. The van der Waals surface area contributed by atoms with Gasteiger partial charge in [0, 0.05) is 25.9 Å². The minimum atomic E-state index is -0.152. The molecule has 5 heteroatoms. The summed E-state index contributed by atoms with van der Waals surface area (Å²) in [6, 6.07) is 1.91. The predicted molar refractivity (Wildman–Crippen MR) is 65.9 cm³/mol. The van der Waals surface area contributed by atoms with Gasteiger partial charge in [0.2, 0.25) is 5.95 Å². The van der Waals surface area contributed by atoms with Crippen LogP contribution in [0.15, 0.2) is 6.07 Å². The molecule has 0 aliphatic rings. The number of ether oxygens (including phenoxy) is 1. The zero-order valence-corrected chi connectivity index (χ0v) is 10.6. The van der Waals surface area contributed by atoms with Gasteiger partial charge in [0.05, 0.1) is 12.1 Å². The highest BCUT2D eigenvalue weighted by molar-refractivity contribution is 5.43. The topological polar surface area (TPSA) is 59.1 Å². The summed E-state index contributed by atoms with van der Waals surface area (Å²) in [4.78, 5) is 8.57. The van der Waals surface area contributed by atoms with Crippen molar-refractivity contribution in [3.63, 3.8) is 0 Å². The summed E-state index contributed by atoms with van der Waals surface area (Å²) in [6.45, 7) is 6.68. The molecule has 0 radical (unpaired) electrons. The third-order valence-corrected chi connectivity index (χ3v) is 2.05. The molecular formula is C11H20N4O. The van der Waals surface area contributed by atoms with E-state index in [4.69, 9.17) is 4.74 Å². The maximum Gasteiger partial charge on any atom is 0.224 e. The molecule has 0 saturated carbocycles. The van der Waals surface area contributed by atoms with Crippen LogP contribution in [0.4, 0.5) is 11.8 Å². The maximum atomic E-state index is 5.14. The normalized spacial score (nSPS) is 11.3. The molecule has 1 heterocycles. The van der Waals surface area contributed by atoms with Crippen molar-refractivity contribution in [2.24, 2.45) is 0 Å². The van der Waals surface area contributed by atoms with Crippen LogP contribution in [0.3, 0.4) is 0 Å². The van der Waals surface area contributed by atoms with Crippen LogP contribution in [0.2, 0.25) is 0 Å². The SMILES string of the molecule is CNc1nc(C)cc(NC(C)(C)COC)n1. The zero-order chi connectivity index (χ0) is 12.2. The van der Waals surface area contributed by atoms with E-state index in [1.54, 1.807) is 14.2 Å². The molecule has 0 atom stereocenters. The Labute approximate surface area is 96.6 Å². The maximum absolute atomic E-state index is 5.14. The van der Waals surface area contributed by atoms with Crippen LogP contribution in [0, 0.1) is 6.92 Å². The van der Waals surface area contributed by atoms with Crippen molar-refractivity contribution >= 4 is 11.8 Å². The van der Waals surface area contributed by atoms with Gasteiger partial charge in [-0.15, -0.1) is 0 Å². The number of hydrogen-bond donors (Lipinski definition) is 2. The molecular weight excluding hydrogens is 204 g/mol. The summed E-state index contributed by atoms with van der Waals surface area (Å²) in [5.41, 5.74) is 0.774. The molecule has 0 aromatic carbocycles. The standard InChI is InChI=1S/C11H20N4O/c1-8-6-9(14-10(12-4)13-8)15-11(2,3)7-16-5/h6H,7H2,1-5H3,(H2,12,13,14,15). The molecule has 90 valence electrons. The van der Waals surface area contributed by atoms with E-state index in [2.05, 4.69) is 34.4 Å². The van der Waals surface area contributed by atoms with E-state index >= 15 is 0 Å². The summed E-state index contributed by atoms with van der Waals surface area (Å²) >= 11 is 0. The van der Waals surface area contributed by atoms with Gasteiger partial charge >= 0.3 is 0 Å². The fraction of sp³-hybridized carbons (Fsp3) is 0.636. The minimum absolute atomic E-state index is 0.152. The molecule has 0 fully saturated rings. The van der Waals surface area contributed by atoms with E-state index in [0.29, 0.717) is 12.6 Å². The van der Waals surface area contributed by atoms with Crippen LogP contribution in [-0.4, -0.2) is 36.3 Å². The van der Waals surface area contributed by atoms with Gasteiger partial charge in [0.1, 0.15) is 5.82 Å². The van der Waals surface area contributed by atoms with Gasteiger partial charge < -0.3 is 15.4 Å². The number of rotatable bonds is 5. The summed E-state index contributed by atoms with van der Waals surface area (Å²) in [5, 5.41) is 6.25. The quantitative estimate of drug-likeness (QED) is 0.796. The number of anilines is 2. The molecule has 0 saturated heterocycles. The third kappa shape index (κ3) is 3.66. The first-order valence-corrected chi connectivity index (χ1v) is 5.27. The van der Waals surface area contributed by atoms with Gasteiger partial charge in [-0.1, -0.05) is 0 Å². The van der Waals surface area contributed by atoms with Gasteiger partial charge in [0.15, 0.2) is 0 Å². The van der Waals surface area contributed by atoms with Crippen molar-refractivity contribution < 1.29 is 4.74 Å². The Kier molecular flexibility index (Phi) is 4.06. The van der Waals surface area contributed by atoms with E-state index in [-0.39, 0.29) is 5.54 Å². The summed E-state index contributed by atoms with van der Waals surface area (Å²) < 4.78 is 5.14. The Hall–Kier alpha value is -1.36. The average Bonchev–Trinajstić information content (AvgIpc) is 2.15. The second-order valence-electron chi connectivity index (χ2n) is 4.41. The van der Waals surface area contributed by atoms with E-state index in [0.717, 1.165) is 11.5 Å². The van der Waals surface area contributed by atoms with Crippen molar-refractivity contribution in [2.75, 3.05) is 31.4 Å². The summed E-state index contributed by atoms with van der Waals surface area (Å²) in [5.74, 6) is 1.43. The fourth-order valence-electron chi connectivity index (χ4n) is 1.49. The predicted octanol–water partition coefficient (Wildman–Crippen LogP) is 1.66. The molecule has 0 aliphatic carbocycles. The largest absolute Gasteiger partial charge is 0.382 e. The molecule has 1 aromatic heterocycles. The number of nitrogens with zero attached hydrogens (tertiary/aromatic N) is 2. The highest BCUT2D eigenvalue weighted by atomic mass is 16.5. The Morgan fingerprint density at radius 2 is 2.06 bits per heavy atom. The number of methoxy groups -OCH3 is 1. The Morgan fingerprint density at radius 3 is 2.62 bits per heavy atom. The smallest absolute Gasteiger partial charge is 0.224 e. The van der Waals surface area contributed by atoms with E-state index in [1.165, 1.54) is 0 Å². The molecule has 0 unspecified atom stereocenters. The number of hydrogen-bond acceptors (Lipinski definition) is 5. The fourth-order valence-corrected chi connectivity index (χ4v) is 1.49. The molecule has 2 N–H and O–H groups in total. The first kappa shape index (κ1) is 12.7. The van der Waals surface area contributed by atoms with E-state index in [1.807, 2.05) is 13.0 Å². The average molecular weight is 224 g/mol. The van der Waals surface area contributed by atoms with E-state index < -0.39 is 0 Å². The number of nitrogens with one attached hydrogen (secondary N) is 2. The molecule has 1 rings (SSSR count). The highest BCUT2D eigenvalue weighted by Gasteiger charge is 2.18. The van der Waals surface area contributed by atoms with Crippen LogP contribution in [0.1, 0.15) is 19.5 Å². The van der Waals surface area contributed by atoms with Crippen molar-refractivity contribution in [3.8, 4) is 0 Å². The molecule has 1 aromatic rings. The lowest BCUT2D eigenvalue weighted by Gasteiger charge is -2.26. The molecule has 0 spiro atoms. The monoisotopic (exact) mass is 224 g/mol. The van der Waals surface area contributed by atoms with Crippen molar-refractivity contribution in [2.45, 2.75) is 26.3 Å². The number of aromatic nitrogens is 2. The second-order valence-corrected chi connectivity index (χ2v) is 4.41. The molecule has 0 bridgehead atoms. The lowest BCUT2D eigenvalue weighted by Crippen LogP contribution is -2.36. The van der Waals surface area contributed by atoms with Gasteiger partial charge in [-0.05, 0) is 20.8 Å². The lowest BCUT2D eigenvalue weighted by molar-refractivity contribution is 0.158. The Morgan fingerprint density at radius 1 is 1.38 bits per heavy atom. The first-order valence-electron chi connectivity index (χ1n) is 5.27. The van der Waals surface area contributed by atoms with Crippen LogP contribution < -0.4 is 10.6 Å².